The fourth-order valence-electron chi connectivity index (χ4n) is 2.60. The van der Waals surface area contributed by atoms with Gasteiger partial charge in [0.15, 0.2) is 17.4 Å². The summed E-state index contributed by atoms with van der Waals surface area (Å²) in [4.78, 5) is 4.71. The molecule has 0 saturated carbocycles. The number of hydrogen-bond donors (Lipinski definition) is 2. The van der Waals surface area contributed by atoms with Crippen LogP contribution in [-0.2, 0) is 13.1 Å². The second-order valence-corrected chi connectivity index (χ2v) is 6.33. The van der Waals surface area contributed by atoms with Crippen LogP contribution in [0.2, 0.25) is 0 Å². The summed E-state index contributed by atoms with van der Waals surface area (Å²) >= 11 is 0. The molecule has 0 bridgehead atoms. The molecule has 1 aromatic carbocycles. The van der Waals surface area contributed by atoms with Gasteiger partial charge < -0.3 is 10.6 Å². The number of rotatable bonds is 7. The zero-order valence-electron chi connectivity index (χ0n) is 15.9. The minimum atomic E-state index is 0. The van der Waals surface area contributed by atoms with Crippen molar-refractivity contribution in [3.8, 4) is 0 Å². The Hall–Kier alpha value is -2.16. The van der Waals surface area contributed by atoms with E-state index in [2.05, 4.69) is 58.9 Å². The van der Waals surface area contributed by atoms with Crippen LogP contribution in [0.3, 0.4) is 0 Å². The lowest BCUT2D eigenvalue weighted by Crippen LogP contribution is -2.37. The highest BCUT2D eigenvalue weighted by Crippen LogP contribution is 2.05. The Morgan fingerprint density at radius 1 is 1.07 bits per heavy atom. The van der Waals surface area contributed by atoms with Crippen molar-refractivity contribution in [2.24, 2.45) is 4.99 Å². The maximum Gasteiger partial charge on any atom is 0.191 e. The fourth-order valence-corrected chi connectivity index (χ4v) is 2.60. The number of pyridine rings is 1. The molecule has 0 aliphatic carbocycles. The van der Waals surface area contributed by atoms with Crippen molar-refractivity contribution < 1.29 is 0 Å². The molecule has 0 amide bonds. The molecular weight excluding hydrogens is 451 g/mol. The summed E-state index contributed by atoms with van der Waals surface area (Å²) in [7, 11) is 0. The summed E-state index contributed by atoms with van der Waals surface area (Å²) in [5, 5.41) is 15.2. The molecule has 6 nitrogen and oxygen atoms in total. The third-order valence-electron chi connectivity index (χ3n) is 4.16. The van der Waals surface area contributed by atoms with Crippen LogP contribution in [0.15, 0.2) is 53.7 Å². The van der Waals surface area contributed by atoms with Crippen molar-refractivity contribution in [2.45, 2.75) is 39.8 Å². The molecule has 3 aromatic rings. The molecule has 0 radical (unpaired) electrons. The number of nitrogens with one attached hydrogen (secondary N) is 2. The average molecular weight is 478 g/mol. The lowest BCUT2D eigenvalue weighted by Gasteiger charge is -2.12. The Balaban J connectivity index is 0.00000261. The van der Waals surface area contributed by atoms with Crippen LogP contribution in [0.4, 0.5) is 0 Å². The first-order valence-corrected chi connectivity index (χ1v) is 9.12. The molecule has 0 atom stereocenters. The summed E-state index contributed by atoms with van der Waals surface area (Å²) < 4.78 is 1.98. The smallest absolute Gasteiger partial charge is 0.191 e. The van der Waals surface area contributed by atoms with Gasteiger partial charge in [-0.25, -0.2) is 4.99 Å². The van der Waals surface area contributed by atoms with Crippen LogP contribution < -0.4 is 10.6 Å². The molecule has 2 aromatic heterocycles. The summed E-state index contributed by atoms with van der Waals surface area (Å²) in [6.45, 7) is 6.38. The maximum atomic E-state index is 4.71. The lowest BCUT2D eigenvalue weighted by atomic mass is 10.1. The van der Waals surface area contributed by atoms with Gasteiger partial charge in [-0.1, -0.05) is 49.2 Å². The molecule has 0 spiro atoms. The van der Waals surface area contributed by atoms with Gasteiger partial charge in [-0.3, -0.25) is 4.40 Å². The second-order valence-electron chi connectivity index (χ2n) is 6.33. The van der Waals surface area contributed by atoms with Crippen LogP contribution in [0.5, 0.6) is 0 Å². The molecule has 7 heteroatoms. The Labute approximate surface area is 177 Å². The number of aliphatic imine (C=N–C) groups is 1. The maximum absolute atomic E-state index is 4.71. The number of hydrogen-bond acceptors (Lipinski definition) is 3. The van der Waals surface area contributed by atoms with Crippen molar-refractivity contribution >= 4 is 35.6 Å². The predicted molar refractivity (Wildman–Crippen MR) is 120 cm³/mol. The highest BCUT2D eigenvalue weighted by Gasteiger charge is 2.06. The molecule has 2 heterocycles. The molecule has 0 fully saturated rings. The van der Waals surface area contributed by atoms with Crippen LogP contribution in [0.25, 0.3) is 5.65 Å². The molecular formula is C20H27IN6. The first-order chi connectivity index (χ1) is 12.8. The van der Waals surface area contributed by atoms with E-state index >= 15 is 0 Å². The minimum absolute atomic E-state index is 0. The third-order valence-corrected chi connectivity index (χ3v) is 4.16. The number of unbranched alkanes of at least 4 members (excludes halogenated alkanes) is 1. The molecule has 2 N–H and O–H groups in total. The molecule has 3 rings (SSSR count). The van der Waals surface area contributed by atoms with Gasteiger partial charge in [-0.15, -0.1) is 34.2 Å². The number of halogens is 1. The first-order valence-electron chi connectivity index (χ1n) is 9.12. The van der Waals surface area contributed by atoms with Gasteiger partial charge >= 0.3 is 0 Å². The van der Waals surface area contributed by atoms with Crippen LogP contribution in [0.1, 0.15) is 36.7 Å². The highest BCUT2D eigenvalue weighted by atomic mass is 127. The topological polar surface area (TPSA) is 66.6 Å². The van der Waals surface area contributed by atoms with Crippen molar-refractivity contribution in [1.82, 2.24) is 25.2 Å². The predicted octanol–water partition coefficient (Wildman–Crippen LogP) is 3.69. The van der Waals surface area contributed by atoms with Crippen LogP contribution >= 0.6 is 24.0 Å². The lowest BCUT2D eigenvalue weighted by molar-refractivity contribution is 0.713. The van der Waals surface area contributed by atoms with Crippen molar-refractivity contribution in [3.63, 3.8) is 0 Å². The van der Waals surface area contributed by atoms with E-state index < -0.39 is 0 Å². The largest absolute Gasteiger partial charge is 0.356 e. The number of aryl methyl sites for hydroxylation is 1. The first kappa shape index (κ1) is 21.1. The SMILES string of the molecule is CCCCNC(=NCc1ccc(C)cc1)NCc1nnc2ccccn12.I. The molecule has 0 unspecified atom stereocenters. The Kier molecular flexibility index (Phi) is 8.50. The van der Waals surface area contributed by atoms with Crippen molar-refractivity contribution in [2.75, 3.05) is 6.54 Å². The highest BCUT2D eigenvalue weighted by molar-refractivity contribution is 14.0. The minimum Gasteiger partial charge on any atom is -0.356 e. The van der Waals surface area contributed by atoms with E-state index in [9.17, 15) is 0 Å². The summed E-state index contributed by atoms with van der Waals surface area (Å²) in [6, 6.07) is 14.4. The monoisotopic (exact) mass is 478 g/mol. The molecule has 144 valence electrons. The molecule has 0 aliphatic heterocycles. The van der Waals surface area contributed by atoms with Gasteiger partial charge in [0, 0.05) is 12.7 Å². The van der Waals surface area contributed by atoms with E-state index in [4.69, 9.17) is 4.99 Å². The fraction of sp³-hybridized carbons (Fsp3) is 0.350. The number of guanidine groups is 1. The third kappa shape index (κ3) is 6.20. The van der Waals surface area contributed by atoms with Crippen LogP contribution in [0, 0.1) is 6.92 Å². The summed E-state index contributed by atoms with van der Waals surface area (Å²) in [5.41, 5.74) is 3.30. The quantitative estimate of drug-likeness (QED) is 0.235. The van der Waals surface area contributed by atoms with E-state index in [1.165, 1.54) is 11.1 Å². The Bertz CT molecular complexity index is 856. The molecule has 0 saturated heterocycles. The van der Waals surface area contributed by atoms with E-state index in [0.717, 1.165) is 36.8 Å². The number of fused-ring (bicyclic) bond motifs is 1. The molecule has 27 heavy (non-hydrogen) atoms. The summed E-state index contributed by atoms with van der Waals surface area (Å²) in [5.74, 6) is 1.66. The van der Waals surface area contributed by atoms with E-state index in [-0.39, 0.29) is 24.0 Å². The van der Waals surface area contributed by atoms with E-state index in [1.807, 2.05) is 28.8 Å². The normalized spacial score (nSPS) is 11.3. The average Bonchev–Trinajstić information content (AvgIpc) is 3.08. The number of aromatic nitrogens is 3. The number of benzene rings is 1. The van der Waals surface area contributed by atoms with E-state index in [0.29, 0.717) is 13.1 Å². The number of nitrogens with zero attached hydrogens (tertiary/aromatic N) is 4. The van der Waals surface area contributed by atoms with Gasteiger partial charge in [0.2, 0.25) is 0 Å². The van der Waals surface area contributed by atoms with E-state index in [1.54, 1.807) is 0 Å². The standard InChI is InChI=1S/C20H26N6.HI/c1-3-4-12-21-20(22-14-17-10-8-16(2)9-11-17)23-15-19-25-24-18-7-5-6-13-26(18)19;/h5-11,13H,3-4,12,14-15H2,1-2H3,(H2,21,22,23);1H. The van der Waals surface area contributed by atoms with Crippen molar-refractivity contribution in [1.29, 1.82) is 0 Å². The zero-order valence-corrected chi connectivity index (χ0v) is 18.2. The van der Waals surface area contributed by atoms with Gasteiger partial charge in [0.25, 0.3) is 0 Å². The van der Waals surface area contributed by atoms with Crippen LogP contribution in [-0.4, -0.2) is 27.1 Å². The summed E-state index contributed by atoms with van der Waals surface area (Å²) in [6.07, 6.45) is 4.23. The second kappa shape index (κ2) is 10.9. The van der Waals surface area contributed by atoms with Gasteiger partial charge in [0.05, 0.1) is 13.1 Å². The zero-order chi connectivity index (χ0) is 18.2. The van der Waals surface area contributed by atoms with Gasteiger partial charge in [-0.05, 0) is 31.0 Å². The Morgan fingerprint density at radius 3 is 2.67 bits per heavy atom. The van der Waals surface area contributed by atoms with Gasteiger partial charge in [-0.2, -0.15) is 0 Å². The molecule has 0 aliphatic rings. The van der Waals surface area contributed by atoms with Gasteiger partial charge in [0.1, 0.15) is 0 Å². The Morgan fingerprint density at radius 2 is 1.89 bits per heavy atom. The van der Waals surface area contributed by atoms with Crippen molar-refractivity contribution in [3.05, 3.63) is 65.6 Å².